The Hall–Kier alpha value is 0.0829. The summed E-state index contributed by atoms with van der Waals surface area (Å²) in [4.78, 5) is 2.48. The van der Waals surface area contributed by atoms with Gasteiger partial charge in [0.05, 0.1) is 0 Å². The molecule has 0 rings (SSSR count). The van der Waals surface area contributed by atoms with Gasteiger partial charge in [-0.2, -0.15) is 0 Å². The molecule has 0 spiro atoms. The molecule has 0 heterocycles. The molecule has 0 aliphatic carbocycles. The van der Waals surface area contributed by atoms with E-state index in [2.05, 4.69) is 59.6 Å². The molecular weight excluding hydrogens is 267 g/mol. The standard InChI is InChI=1S/C15H33GeN/c1-8-16(9-2,10-3)15(14(6)7)13-17(11-4)12-5/h13-14H,8-12H2,1-7H3. The van der Waals surface area contributed by atoms with Crippen LogP contribution in [0.4, 0.5) is 0 Å². The van der Waals surface area contributed by atoms with Crippen LogP contribution >= 0.6 is 0 Å². The molecule has 2 heteroatoms. The van der Waals surface area contributed by atoms with Crippen molar-refractivity contribution < 1.29 is 0 Å². The van der Waals surface area contributed by atoms with Crippen LogP contribution < -0.4 is 0 Å². The molecule has 0 bridgehead atoms. The van der Waals surface area contributed by atoms with Crippen molar-refractivity contribution in [3.05, 3.63) is 10.6 Å². The van der Waals surface area contributed by atoms with Gasteiger partial charge in [0.25, 0.3) is 0 Å². The van der Waals surface area contributed by atoms with Gasteiger partial charge in [-0.15, -0.1) is 0 Å². The summed E-state index contributed by atoms with van der Waals surface area (Å²) in [7, 11) is 0. The molecular formula is C15H33GeN. The average molecular weight is 300 g/mol. The third kappa shape index (κ3) is 4.35. The molecule has 0 aliphatic heterocycles. The first-order chi connectivity index (χ1) is 8.01. The van der Waals surface area contributed by atoms with Gasteiger partial charge >= 0.3 is 112 Å². The van der Waals surface area contributed by atoms with E-state index in [1.807, 2.05) is 4.41 Å². The van der Waals surface area contributed by atoms with Crippen molar-refractivity contribution in [2.45, 2.75) is 64.2 Å². The molecule has 0 unspecified atom stereocenters. The van der Waals surface area contributed by atoms with Crippen molar-refractivity contribution in [1.82, 2.24) is 4.90 Å². The number of hydrogen-bond acceptors (Lipinski definition) is 1. The van der Waals surface area contributed by atoms with Crippen LogP contribution in [0.5, 0.6) is 0 Å². The molecule has 0 radical (unpaired) electrons. The van der Waals surface area contributed by atoms with Gasteiger partial charge in [0.15, 0.2) is 0 Å². The van der Waals surface area contributed by atoms with E-state index in [1.54, 1.807) is 0 Å². The zero-order chi connectivity index (χ0) is 13.5. The van der Waals surface area contributed by atoms with Crippen LogP contribution in [0.25, 0.3) is 0 Å². The van der Waals surface area contributed by atoms with Crippen LogP contribution in [0, 0.1) is 5.92 Å². The SMILES string of the molecule is CCN(C=[C](C(C)C)[Ge]([CH2]C)([CH2]C)[CH2]C)CC. The maximum atomic E-state index is 2.53. The molecule has 0 atom stereocenters. The molecule has 0 saturated heterocycles. The van der Waals surface area contributed by atoms with E-state index in [0.717, 1.165) is 19.0 Å². The average Bonchev–Trinajstić information content (AvgIpc) is 2.35. The molecule has 0 aliphatic rings. The van der Waals surface area contributed by atoms with E-state index in [1.165, 1.54) is 15.8 Å². The van der Waals surface area contributed by atoms with E-state index in [0.29, 0.717) is 0 Å². The van der Waals surface area contributed by atoms with Gasteiger partial charge in [0.1, 0.15) is 0 Å². The van der Waals surface area contributed by atoms with Crippen LogP contribution in [0.3, 0.4) is 0 Å². The van der Waals surface area contributed by atoms with Crippen LogP contribution in [0.1, 0.15) is 48.5 Å². The van der Waals surface area contributed by atoms with Crippen molar-refractivity contribution >= 4 is 13.3 Å². The van der Waals surface area contributed by atoms with Crippen molar-refractivity contribution in [2.75, 3.05) is 13.1 Å². The Balaban J connectivity index is 5.32. The minimum absolute atomic E-state index is 0.732. The third-order valence-corrected chi connectivity index (χ3v) is 17.0. The number of hydrogen-bond donors (Lipinski definition) is 0. The summed E-state index contributed by atoms with van der Waals surface area (Å²) in [5, 5.41) is 4.33. The quantitative estimate of drug-likeness (QED) is 0.575. The molecule has 0 N–H and O–H groups in total. The van der Waals surface area contributed by atoms with E-state index >= 15 is 0 Å². The Bertz CT molecular complexity index is 217. The predicted octanol–water partition coefficient (Wildman–Crippen LogP) is 4.92. The van der Waals surface area contributed by atoms with Crippen molar-refractivity contribution in [2.24, 2.45) is 5.92 Å². The van der Waals surface area contributed by atoms with Gasteiger partial charge in [-0.05, 0) is 0 Å². The second-order valence-electron chi connectivity index (χ2n) is 5.30. The fourth-order valence-corrected chi connectivity index (χ4v) is 12.1. The monoisotopic (exact) mass is 301 g/mol. The van der Waals surface area contributed by atoms with Gasteiger partial charge < -0.3 is 0 Å². The molecule has 0 fully saturated rings. The number of rotatable bonds is 8. The third-order valence-electron chi connectivity index (χ3n) is 4.40. The zero-order valence-electron chi connectivity index (χ0n) is 13.1. The van der Waals surface area contributed by atoms with Crippen LogP contribution in [-0.4, -0.2) is 31.3 Å². The fraction of sp³-hybridized carbons (Fsp3) is 0.867. The second kappa shape index (κ2) is 8.23. The first kappa shape index (κ1) is 17.1. The van der Waals surface area contributed by atoms with Crippen LogP contribution in [-0.2, 0) is 0 Å². The first-order valence-corrected chi connectivity index (χ1v) is 13.0. The molecule has 102 valence electrons. The van der Waals surface area contributed by atoms with E-state index in [-0.39, 0.29) is 0 Å². The van der Waals surface area contributed by atoms with Gasteiger partial charge in [-0.1, -0.05) is 0 Å². The number of nitrogens with zero attached hydrogens (tertiary/aromatic N) is 1. The Morgan fingerprint density at radius 2 is 1.35 bits per heavy atom. The summed E-state index contributed by atoms with van der Waals surface area (Å²) >= 11 is -1.75. The summed E-state index contributed by atoms with van der Waals surface area (Å²) in [6.07, 6.45) is 2.53. The van der Waals surface area contributed by atoms with E-state index in [4.69, 9.17) is 0 Å². The van der Waals surface area contributed by atoms with Crippen LogP contribution in [0.15, 0.2) is 10.6 Å². The topological polar surface area (TPSA) is 3.24 Å². The van der Waals surface area contributed by atoms with E-state index < -0.39 is 13.3 Å². The van der Waals surface area contributed by atoms with Gasteiger partial charge in [-0.3, -0.25) is 0 Å². The molecule has 17 heavy (non-hydrogen) atoms. The summed E-state index contributed by atoms with van der Waals surface area (Å²) in [6.45, 7) is 18.8. The molecule has 1 nitrogen and oxygen atoms in total. The Kier molecular flexibility index (Phi) is 8.27. The Morgan fingerprint density at radius 3 is 1.59 bits per heavy atom. The van der Waals surface area contributed by atoms with Gasteiger partial charge in [0.2, 0.25) is 0 Å². The summed E-state index contributed by atoms with van der Waals surface area (Å²) < 4.78 is 1.83. The maximum absolute atomic E-state index is 2.53. The molecule has 0 amide bonds. The predicted molar refractivity (Wildman–Crippen MR) is 83.0 cm³/mol. The normalized spacial score (nSPS) is 13.3. The van der Waals surface area contributed by atoms with Gasteiger partial charge in [-0.25, -0.2) is 0 Å². The minimum atomic E-state index is -1.75. The molecule has 0 aromatic rings. The van der Waals surface area contributed by atoms with Crippen molar-refractivity contribution in [1.29, 1.82) is 0 Å². The van der Waals surface area contributed by atoms with Crippen molar-refractivity contribution in [3.8, 4) is 0 Å². The fourth-order valence-electron chi connectivity index (χ4n) is 2.86. The van der Waals surface area contributed by atoms with Gasteiger partial charge in [0, 0.05) is 0 Å². The molecule has 0 aromatic heterocycles. The first-order valence-electron chi connectivity index (χ1n) is 7.47. The zero-order valence-corrected chi connectivity index (χ0v) is 15.2. The summed E-state index contributed by atoms with van der Waals surface area (Å²) in [6, 6.07) is 0. The van der Waals surface area contributed by atoms with Crippen molar-refractivity contribution in [3.63, 3.8) is 0 Å². The van der Waals surface area contributed by atoms with Crippen LogP contribution in [0.2, 0.25) is 15.8 Å². The Morgan fingerprint density at radius 1 is 0.941 bits per heavy atom. The molecule has 0 saturated carbocycles. The Labute approximate surface area is 112 Å². The molecule has 0 aromatic carbocycles. The summed E-state index contributed by atoms with van der Waals surface area (Å²) in [5.74, 6) is 0.732. The second-order valence-corrected chi connectivity index (χ2v) is 16.3. The number of allylic oxidation sites excluding steroid dienone is 1. The van der Waals surface area contributed by atoms with E-state index in [9.17, 15) is 0 Å². The summed E-state index contributed by atoms with van der Waals surface area (Å²) in [5.41, 5.74) is 0.